The van der Waals surface area contributed by atoms with Crippen molar-refractivity contribution in [3.05, 3.63) is 90.5 Å². The van der Waals surface area contributed by atoms with Gasteiger partial charge >= 0.3 is 0 Å². The van der Waals surface area contributed by atoms with Crippen molar-refractivity contribution in [2.45, 2.75) is 40.9 Å². The van der Waals surface area contributed by atoms with Crippen molar-refractivity contribution in [1.82, 2.24) is 0 Å². The van der Waals surface area contributed by atoms with Crippen LogP contribution in [0.3, 0.4) is 0 Å². The fraction of sp³-hybridized carbons (Fsp3) is 0.182. The monoisotopic (exact) mass is 398 g/mol. The smallest absolute Gasteiger partial charge is 0.166 e. The summed E-state index contributed by atoms with van der Waals surface area (Å²) in [6.07, 6.45) is 0. The van der Waals surface area contributed by atoms with Crippen molar-refractivity contribution >= 4 is 10.9 Å². The molecule has 0 saturated carbocycles. The van der Waals surface area contributed by atoms with E-state index in [1.807, 2.05) is 0 Å². The lowest BCUT2D eigenvalue weighted by Crippen LogP contribution is -3.00. The zero-order valence-corrected chi connectivity index (χ0v) is 16.8. The minimum Gasteiger partial charge on any atom is -1.00 e. The third-order valence-electron chi connectivity index (χ3n) is 3.91. The molecule has 124 valence electrons. The van der Waals surface area contributed by atoms with Crippen molar-refractivity contribution in [3.63, 3.8) is 0 Å². The number of rotatable bonds is 3. The first-order valence-corrected chi connectivity index (χ1v) is 9.23. The second kappa shape index (κ2) is 8.04. The maximum atomic E-state index is 2.30. The van der Waals surface area contributed by atoms with Gasteiger partial charge in [0.25, 0.3) is 0 Å². The summed E-state index contributed by atoms with van der Waals surface area (Å²) in [7, 11) is -0.0497. The predicted octanol–water partition coefficient (Wildman–Crippen LogP) is 3.08. The molecule has 0 heterocycles. The zero-order valence-electron chi connectivity index (χ0n) is 14.4. The lowest BCUT2D eigenvalue weighted by atomic mass is 9.87. The molecule has 0 atom stereocenters. The lowest BCUT2D eigenvalue weighted by molar-refractivity contribution is -0.00000504. The first-order valence-electron chi connectivity index (χ1n) is 8.01. The Morgan fingerprint density at radius 1 is 0.542 bits per heavy atom. The number of hydrogen-bond acceptors (Lipinski definition) is 0. The Kier molecular flexibility index (Phi) is 6.31. The van der Waals surface area contributed by atoms with Crippen molar-refractivity contribution in [1.29, 1.82) is 0 Å². The summed E-state index contributed by atoms with van der Waals surface area (Å²) in [5.74, 6) is 0. The zero-order chi connectivity index (χ0) is 16.3. The van der Waals surface area contributed by atoms with E-state index in [0.717, 1.165) is 0 Å². The Balaban J connectivity index is 0.00000208. The van der Waals surface area contributed by atoms with Gasteiger partial charge in [0.05, 0.1) is 10.9 Å². The summed E-state index contributed by atoms with van der Waals surface area (Å²) in [4.78, 5) is 4.10. The van der Waals surface area contributed by atoms with Crippen LogP contribution in [0.15, 0.2) is 99.6 Å². The van der Waals surface area contributed by atoms with Crippen LogP contribution in [0, 0.1) is 0 Å². The highest BCUT2D eigenvalue weighted by Crippen LogP contribution is 2.32. The van der Waals surface area contributed by atoms with Crippen molar-refractivity contribution in [3.8, 4) is 0 Å². The van der Waals surface area contributed by atoms with Crippen LogP contribution in [0.1, 0.15) is 26.3 Å². The summed E-state index contributed by atoms with van der Waals surface area (Å²) in [6.45, 7) is 6.78. The van der Waals surface area contributed by atoms with Crippen LogP contribution >= 0.6 is 0 Å². The van der Waals surface area contributed by atoms with E-state index in [2.05, 4.69) is 106 Å². The van der Waals surface area contributed by atoms with Crippen LogP contribution < -0.4 is 17.0 Å². The second-order valence-electron chi connectivity index (χ2n) is 6.71. The van der Waals surface area contributed by atoms with E-state index < -0.39 is 0 Å². The molecule has 3 rings (SSSR count). The third kappa shape index (κ3) is 4.31. The quantitative estimate of drug-likeness (QED) is 0.594. The standard InChI is InChI=1S/C22H23S.BrH/c1-22(2,3)18-14-16-21(17-15-18)23(19-10-6-4-7-11-19)20-12-8-5-9-13-20;/h4-17H,1-3H3;1H/q+1;/p-1. The number of hydrogen-bond donors (Lipinski definition) is 0. The minimum absolute atomic E-state index is 0. The molecule has 3 aromatic rings. The van der Waals surface area contributed by atoms with E-state index in [-0.39, 0.29) is 33.3 Å². The molecule has 0 fully saturated rings. The van der Waals surface area contributed by atoms with Gasteiger partial charge in [-0.05, 0) is 47.4 Å². The Labute approximate surface area is 159 Å². The van der Waals surface area contributed by atoms with Gasteiger partial charge in [-0.15, -0.1) is 0 Å². The normalized spacial score (nSPS) is 11.2. The molecular formula is C22H23BrS. The Hall–Kier alpha value is -1.51. The fourth-order valence-electron chi connectivity index (χ4n) is 2.61. The second-order valence-corrected chi connectivity index (χ2v) is 8.73. The summed E-state index contributed by atoms with van der Waals surface area (Å²) >= 11 is 0. The Morgan fingerprint density at radius 3 is 1.29 bits per heavy atom. The largest absolute Gasteiger partial charge is 1.00 e. The van der Waals surface area contributed by atoms with E-state index in [1.54, 1.807) is 0 Å². The van der Waals surface area contributed by atoms with E-state index >= 15 is 0 Å². The third-order valence-corrected chi connectivity index (χ3v) is 6.14. The van der Waals surface area contributed by atoms with Gasteiger partial charge in [0.1, 0.15) is 0 Å². The first kappa shape index (κ1) is 18.8. The summed E-state index contributed by atoms with van der Waals surface area (Å²) in [5, 5.41) is 0. The fourth-order valence-corrected chi connectivity index (χ4v) is 4.70. The van der Waals surface area contributed by atoms with Crippen LogP contribution in [0.4, 0.5) is 0 Å². The van der Waals surface area contributed by atoms with E-state index in [1.165, 1.54) is 20.2 Å². The van der Waals surface area contributed by atoms with Gasteiger partial charge in [-0.25, -0.2) is 0 Å². The van der Waals surface area contributed by atoms with Crippen LogP contribution in [-0.2, 0) is 16.3 Å². The van der Waals surface area contributed by atoms with Gasteiger partial charge in [-0.1, -0.05) is 69.3 Å². The SMILES string of the molecule is CC(C)(C)c1ccc([S+](c2ccccc2)c2ccccc2)cc1.[Br-]. The van der Waals surface area contributed by atoms with Crippen molar-refractivity contribution in [2.75, 3.05) is 0 Å². The number of benzene rings is 3. The van der Waals surface area contributed by atoms with Gasteiger partial charge in [0, 0.05) is 0 Å². The van der Waals surface area contributed by atoms with Crippen molar-refractivity contribution < 1.29 is 17.0 Å². The summed E-state index contributed by atoms with van der Waals surface area (Å²) < 4.78 is 0. The topological polar surface area (TPSA) is 0 Å². The first-order chi connectivity index (χ1) is 11.1. The van der Waals surface area contributed by atoms with E-state index in [0.29, 0.717) is 0 Å². The molecule has 0 amide bonds. The Morgan fingerprint density at radius 2 is 0.917 bits per heavy atom. The molecule has 0 bridgehead atoms. The molecule has 0 N–H and O–H groups in total. The molecule has 0 nitrogen and oxygen atoms in total. The highest BCUT2D eigenvalue weighted by molar-refractivity contribution is 7.97. The molecule has 0 aromatic heterocycles. The van der Waals surface area contributed by atoms with Crippen molar-refractivity contribution in [2.24, 2.45) is 0 Å². The van der Waals surface area contributed by atoms with Crippen LogP contribution in [0.2, 0.25) is 0 Å². The minimum atomic E-state index is -0.0497. The molecule has 0 radical (unpaired) electrons. The maximum absolute atomic E-state index is 2.30. The van der Waals surface area contributed by atoms with Crippen LogP contribution in [0.5, 0.6) is 0 Å². The summed E-state index contributed by atoms with van der Waals surface area (Å²) in [6, 6.07) is 30.7. The van der Waals surface area contributed by atoms with Gasteiger partial charge in [-0.3, -0.25) is 0 Å². The molecule has 24 heavy (non-hydrogen) atoms. The highest BCUT2D eigenvalue weighted by atomic mass is 79.9. The molecular weight excluding hydrogens is 376 g/mol. The lowest BCUT2D eigenvalue weighted by Gasteiger charge is -2.19. The molecule has 0 aliphatic carbocycles. The average molecular weight is 399 g/mol. The highest BCUT2D eigenvalue weighted by Gasteiger charge is 2.28. The van der Waals surface area contributed by atoms with E-state index in [9.17, 15) is 0 Å². The molecule has 0 unspecified atom stereocenters. The van der Waals surface area contributed by atoms with Gasteiger partial charge < -0.3 is 17.0 Å². The molecule has 2 heteroatoms. The van der Waals surface area contributed by atoms with Gasteiger partial charge in [0.2, 0.25) is 0 Å². The van der Waals surface area contributed by atoms with Gasteiger partial charge in [-0.2, -0.15) is 0 Å². The maximum Gasteiger partial charge on any atom is 0.166 e. The molecule has 0 aliphatic heterocycles. The predicted molar refractivity (Wildman–Crippen MR) is 100 cm³/mol. The molecule has 0 aliphatic rings. The average Bonchev–Trinajstić information content (AvgIpc) is 2.57. The van der Waals surface area contributed by atoms with Gasteiger partial charge in [0.15, 0.2) is 14.7 Å². The molecule has 0 spiro atoms. The number of halogens is 1. The Bertz CT molecular complexity index is 704. The van der Waals surface area contributed by atoms with E-state index in [4.69, 9.17) is 0 Å². The van der Waals surface area contributed by atoms with Crippen LogP contribution in [0.25, 0.3) is 0 Å². The van der Waals surface area contributed by atoms with Crippen LogP contribution in [-0.4, -0.2) is 0 Å². The molecule has 3 aromatic carbocycles. The summed E-state index contributed by atoms with van der Waals surface area (Å²) in [5.41, 5.74) is 1.57. The molecule has 0 saturated heterocycles.